The van der Waals surface area contributed by atoms with Gasteiger partial charge in [-0.05, 0) is 11.6 Å². The third kappa shape index (κ3) is 1.56. The van der Waals surface area contributed by atoms with E-state index in [1.165, 1.54) is 5.56 Å². The monoisotopic (exact) mass is 208 g/mol. The Hall–Kier alpha value is -1.26. The van der Waals surface area contributed by atoms with Gasteiger partial charge in [0.25, 0.3) is 0 Å². The Morgan fingerprint density at radius 3 is 2.73 bits per heavy atom. The van der Waals surface area contributed by atoms with E-state index in [0.29, 0.717) is 0 Å². The summed E-state index contributed by atoms with van der Waals surface area (Å²) in [6.45, 7) is 0.896. The second kappa shape index (κ2) is 3.72. The molecule has 0 bridgehead atoms. The van der Waals surface area contributed by atoms with Crippen LogP contribution in [0.5, 0.6) is 5.75 Å². The topological polar surface area (TPSA) is 35.9 Å². The smallest absolute Gasteiger partial charge is 0.126 e. The first-order chi connectivity index (χ1) is 7.17. The molecule has 0 radical (unpaired) electrons. The lowest BCUT2D eigenvalue weighted by Crippen LogP contribution is -2.29. The van der Waals surface area contributed by atoms with Gasteiger partial charge in [0.1, 0.15) is 5.75 Å². The van der Waals surface area contributed by atoms with Gasteiger partial charge in [0, 0.05) is 32.3 Å². The van der Waals surface area contributed by atoms with Crippen molar-refractivity contribution in [3.8, 4) is 5.75 Å². The van der Waals surface area contributed by atoms with Gasteiger partial charge in [-0.1, -0.05) is 0 Å². The second-order valence-corrected chi connectivity index (χ2v) is 3.79. The van der Waals surface area contributed by atoms with E-state index in [-0.39, 0.29) is 6.61 Å². The number of rotatable bonds is 2. The van der Waals surface area contributed by atoms with Gasteiger partial charge in [0.05, 0.1) is 19.4 Å². The van der Waals surface area contributed by atoms with Crippen molar-refractivity contribution in [2.45, 2.75) is 13.2 Å². The molecule has 4 heteroatoms. The zero-order valence-corrected chi connectivity index (χ0v) is 9.32. The Labute approximate surface area is 89.6 Å². The van der Waals surface area contributed by atoms with Crippen molar-refractivity contribution >= 4 is 5.69 Å². The maximum absolute atomic E-state index is 9.21. The van der Waals surface area contributed by atoms with Crippen LogP contribution in [0.25, 0.3) is 0 Å². The van der Waals surface area contributed by atoms with Gasteiger partial charge in [0.2, 0.25) is 0 Å². The number of hydrogen-bond donors (Lipinski definition) is 1. The maximum Gasteiger partial charge on any atom is 0.126 e. The first kappa shape index (κ1) is 10.3. The molecular weight excluding hydrogens is 192 g/mol. The molecule has 0 spiro atoms. The van der Waals surface area contributed by atoms with Crippen molar-refractivity contribution < 1.29 is 9.84 Å². The van der Waals surface area contributed by atoms with Crippen LogP contribution in [0.3, 0.4) is 0 Å². The molecule has 15 heavy (non-hydrogen) atoms. The number of methoxy groups -OCH3 is 1. The molecule has 2 rings (SSSR count). The third-order valence-corrected chi connectivity index (χ3v) is 2.91. The Balaban J connectivity index is 2.48. The molecule has 1 aromatic carbocycles. The summed E-state index contributed by atoms with van der Waals surface area (Å²) >= 11 is 0. The van der Waals surface area contributed by atoms with Crippen LogP contribution < -0.4 is 9.75 Å². The van der Waals surface area contributed by atoms with Crippen LogP contribution in [0.4, 0.5) is 5.69 Å². The van der Waals surface area contributed by atoms with Gasteiger partial charge in [-0.3, -0.25) is 0 Å². The minimum atomic E-state index is 0.0177. The molecule has 0 fully saturated rings. The van der Waals surface area contributed by atoms with Crippen molar-refractivity contribution in [3.63, 3.8) is 0 Å². The van der Waals surface area contributed by atoms with Gasteiger partial charge in [0.15, 0.2) is 0 Å². The molecule has 0 aromatic heterocycles. The molecule has 1 aliphatic rings. The Kier molecular flexibility index (Phi) is 2.54. The number of nitrogens with zero attached hydrogens (tertiary/aromatic N) is 2. The van der Waals surface area contributed by atoms with Gasteiger partial charge >= 0.3 is 0 Å². The predicted molar refractivity (Wildman–Crippen MR) is 58.8 cm³/mol. The maximum atomic E-state index is 9.21. The molecule has 0 aliphatic carbocycles. The minimum absolute atomic E-state index is 0.0177. The Bertz CT molecular complexity index is 379. The van der Waals surface area contributed by atoms with Crippen LogP contribution in [-0.2, 0) is 13.2 Å². The van der Waals surface area contributed by atoms with E-state index in [1.807, 2.05) is 26.2 Å². The summed E-state index contributed by atoms with van der Waals surface area (Å²) in [5.74, 6) is 0.749. The number of aliphatic hydroxyl groups is 1. The highest BCUT2D eigenvalue weighted by Crippen LogP contribution is 2.34. The van der Waals surface area contributed by atoms with Crippen molar-refractivity contribution in [3.05, 3.63) is 23.3 Å². The number of fused-ring (bicyclic) bond motifs is 1. The Morgan fingerprint density at radius 1 is 1.40 bits per heavy atom. The zero-order chi connectivity index (χ0) is 11.0. The van der Waals surface area contributed by atoms with Crippen LogP contribution in [0.2, 0.25) is 0 Å². The lowest BCUT2D eigenvalue weighted by molar-refractivity contribution is 0.273. The lowest BCUT2D eigenvalue weighted by Gasteiger charge is -2.21. The molecule has 0 atom stereocenters. The summed E-state index contributed by atoms with van der Waals surface area (Å²) in [6.07, 6.45) is 0. The minimum Gasteiger partial charge on any atom is -0.496 e. The summed E-state index contributed by atoms with van der Waals surface area (Å²) in [5, 5.41) is 13.4. The molecule has 0 saturated heterocycles. The van der Waals surface area contributed by atoms with Gasteiger partial charge in [-0.15, -0.1) is 0 Å². The molecule has 0 amide bonds. The first-order valence-corrected chi connectivity index (χ1v) is 4.92. The van der Waals surface area contributed by atoms with Gasteiger partial charge in [-0.2, -0.15) is 0 Å². The fourth-order valence-electron chi connectivity index (χ4n) is 1.94. The summed E-state index contributed by atoms with van der Waals surface area (Å²) in [6, 6.07) is 3.98. The van der Waals surface area contributed by atoms with Gasteiger partial charge in [-0.25, -0.2) is 5.01 Å². The number of ether oxygens (including phenoxy) is 1. The van der Waals surface area contributed by atoms with E-state index < -0.39 is 0 Å². The lowest BCUT2D eigenvalue weighted by atomic mass is 10.1. The highest BCUT2D eigenvalue weighted by molar-refractivity contribution is 5.61. The van der Waals surface area contributed by atoms with E-state index in [2.05, 4.69) is 10.0 Å². The fourth-order valence-corrected chi connectivity index (χ4v) is 1.94. The summed E-state index contributed by atoms with van der Waals surface area (Å²) < 4.78 is 5.24. The quantitative estimate of drug-likeness (QED) is 0.786. The summed E-state index contributed by atoms with van der Waals surface area (Å²) in [5.41, 5.74) is 3.22. The molecule has 1 N–H and O–H groups in total. The molecule has 4 nitrogen and oxygen atoms in total. The van der Waals surface area contributed by atoms with Crippen molar-refractivity contribution in [1.29, 1.82) is 0 Å². The van der Waals surface area contributed by atoms with Crippen LogP contribution in [0.15, 0.2) is 12.1 Å². The highest BCUT2D eigenvalue weighted by Gasteiger charge is 2.22. The number of benzene rings is 1. The largest absolute Gasteiger partial charge is 0.496 e. The number of anilines is 1. The van der Waals surface area contributed by atoms with E-state index in [4.69, 9.17) is 4.74 Å². The first-order valence-electron chi connectivity index (χ1n) is 4.92. The van der Waals surface area contributed by atoms with Crippen molar-refractivity contribution in [1.82, 2.24) is 5.01 Å². The normalized spacial score (nSPS) is 15.6. The van der Waals surface area contributed by atoms with E-state index in [9.17, 15) is 5.11 Å². The summed E-state index contributed by atoms with van der Waals surface area (Å²) in [4.78, 5) is 0. The number of hydrazine groups is 1. The SMILES string of the molecule is COc1cc2c(cc1CO)CN(C)N2C. The van der Waals surface area contributed by atoms with Crippen LogP contribution in [0, 0.1) is 0 Å². The van der Waals surface area contributed by atoms with Crippen molar-refractivity contribution in [2.24, 2.45) is 0 Å². The fraction of sp³-hybridized carbons (Fsp3) is 0.455. The molecule has 1 aliphatic heterocycles. The molecule has 0 saturated carbocycles. The molecule has 1 heterocycles. The highest BCUT2D eigenvalue weighted by atomic mass is 16.5. The van der Waals surface area contributed by atoms with Crippen LogP contribution in [0.1, 0.15) is 11.1 Å². The molecule has 82 valence electrons. The van der Waals surface area contributed by atoms with Crippen LogP contribution >= 0.6 is 0 Å². The molecular formula is C11H16N2O2. The second-order valence-electron chi connectivity index (χ2n) is 3.79. The third-order valence-electron chi connectivity index (χ3n) is 2.91. The standard InChI is InChI=1S/C11H16N2O2/c1-12-6-8-4-9(7-14)11(15-3)5-10(8)13(12)2/h4-5,14H,6-7H2,1-3H3. The number of aliphatic hydroxyl groups excluding tert-OH is 1. The summed E-state index contributed by atoms with van der Waals surface area (Å²) in [7, 11) is 5.68. The van der Waals surface area contributed by atoms with Crippen molar-refractivity contribution in [2.75, 3.05) is 26.2 Å². The average Bonchev–Trinajstić information content (AvgIpc) is 2.53. The van der Waals surface area contributed by atoms with E-state index in [0.717, 1.165) is 23.5 Å². The average molecular weight is 208 g/mol. The van der Waals surface area contributed by atoms with Gasteiger partial charge < -0.3 is 14.9 Å². The predicted octanol–water partition coefficient (Wildman–Crippen LogP) is 0.984. The Morgan fingerprint density at radius 2 is 2.13 bits per heavy atom. The molecule has 1 aromatic rings. The van der Waals surface area contributed by atoms with Crippen LogP contribution in [-0.4, -0.2) is 31.3 Å². The zero-order valence-electron chi connectivity index (χ0n) is 9.32. The number of hydrogen-bond acceptors (Lipinski definition) is 4. The van der Waals surface area contributed by atoms with E-state index in [1.54, 1.807) is 7.11 Å². The molecule has 0 unspecified atom stereocenters. The van der Waals surface area contributed by atoms with E-state index >= 15 is 0 Å².